The van der Waals surface area contributed by atoms with Crippen molar-refractivity contribution in [3.63, 3.8) is 0 Å². The van der Waals surface area contributed by atoms with Crippen molar-refractivity contribution in [2.45, 2.75) is 52.4 Å². The van der Waals surface area contributed by atoms with Gasteiger partial charge in [-0.3, -0.25) is 9.52 Å². The molecule has 4 rings (SSSR count). The highest BCUT2D eigenvalue weighted by atomic mass is 32.2. The fourth-order valence-corrected chi connectivity index (χ4v) is 7.75. The number of aromatic carboxylic acids is 1. The van der Waals surface area contributed by atoms with E-state index in [1.54, 1.807) is 30.3 Å². The lowest BCUT2D eigenvalue weighted by Gasteiger charge is -2.36. The van der Waals surface area contributed by atoms with E-state index in [1.165, 1.54) is 0 Å². The normalized spacial score (nSPS) is 23.6. The molecule has 33 heavy (non-hydrogen) atoms. The summed E-state index contributed by atoms with van der Waals surface area (Å²) in [6.45, 7) is 4.08. The Morgan fingerprint density at radius 3 is 2.55 bits per heavy atom. The molecule has 0 aliphatic heterocycles. The molecule has 2 aromatic carbocycles. The van der Waals surface area contributed by atoms with Gasteiger partial charge in [0.1, 0.15) is 5.78 Å². The fraction of sp³-hybridized carbons (Fsp3) is 0.462. The lowest BCUT2D eigenvalue weighted by molar-refractivity contribution is -0.128. The van der Waals surface area contributed by atoms with Gasteiger partial charge in [-0.2, -0.15) is 0 Å². The summed E-state index contributed by atoms with van der Waals surface area (Å²) in [6.07, 6.45) is 4.12. The maximum atomic E-state index is 13.2. The van der Waals surface area contributed by atoms with Gasteiger partial charge in [0.2, 0.25) is 10.0 Å². The number of carbonyl (C=O) groups excluding carboxylic acids is 1. The highest BCUT2D eigenvalue weighted by Crippen LogP contribution is 2.64. The van der Waals surface area contributed by atoms with Crippen LogP contribution in [0, 0.1) is 16.7 Å². The number of benzene rings is 2. The zero-order valence-corrected chi connectivity index (χ0v) is 20.0. The van der Waals surface area contributed by atoms with E-state index in [4.69, 9.17) is 5.11 Å². The zero-order valence-electron chi connectivity index (χ0n) is 19.1. The molecule has 0 spiro atoms. The molecule has 2 saturated carbocycles. The summed E-state index contributed by atoms with van der Waals surface area (Å²) in [5.41, 5.74) is 1.53. The van der Waals surface area contributed by atoms with Crippen LogP contribution in [-0.2, 0) is 27.7 Å². The second-order valence-electron chi connectivity index (χ2n) is 10.0. The Labute approximate surface area is 195 Å². The van der Waals surface area contributed by atoms with E-state index in [0.29, 0.717) is 31.4 Å². The SMILES string of the molecule is CC1(C)C2CCC1(CS(=O)(=O)Nc1ccccc1CCCc1cccc(C(=O)O)c1)C(=O)C2. The van der Waals surface area contributed by atoms with Crippen LogP contribution in [0.25, 0.3) is 0 Å². The number of hydrogen-bond donors (Lipinski definition) is 2. The molecule has 176 valence electrons. The number of Topliss-reactive ketones (excluding diaryl/α,β-unsaturated/α-hetero) is 1. The van der Waals surface area contributed by atoms with Crippen LogP contribution in [0.1, 0.15) is 61.0 Å². The molecule has 2 aromatic rings. The molecule has 2 N–H and O–H groups in total. The number of carbonyl (C=O) groups is 2. The van der Waals surface area contributed by atoms with Gasteiger partial charge in [0.25, 0.3) is 0 Å². The predicted molar refractivity (Wildman–Crippen MR) is 128 cm³/mol. The van der Waals surface area contributed by atoms with E-state index < -0.39 is 21.4 Å². The summed E-state index contributed by atoms with van der Waals surface area (Å²) in [4.78, 5) is 24.0. The molecule has 0 heterocycles. The van der Waals surface area contributed by atoms with E-state index >= 15 is 0 Å². The van der Waals surface area contributed by atoms with Crippen molar-refractivity contribution in [2.24, 2.45) is 16.7 Å². The minimum atomic E-state index is -3.72. The maximum absolute atomic E-state index is 13.2. The Hall–Kier alpha value is -2.67. The number of sulfonamides is 1. The topological polar surface area (TPSA) is 101 Å². The van der Waals surface area contributed by atoms with Crippen LogP contribution in [0.15, 0.2) is 48.5 Å². The van der Waals surface area contributed by atoms with E-state index in [9.17, 15) is 18.0 Å². The first-order valence-corrected chi connectivity index (χ1v) is 13.1. The molecule has 0 amide bonds. The van der Waals surface area contributed by atoms with Crippen molar-refractivity contribution >= 4 is 27.5 Å². The molecule has 6 nitrogen and oxygen atoms in total. The molecule has 2 fully saturated rings. The van der Waals surface area contributed by atoms with Gasteiger partial charge in [-0.1, -0.05) is 44.2 Å². The summed E-state index contributed by atoms with van der Waals surface area (Å²) in [7, 11) is -3.72. The number of para-hydroxylation sites is 1. The molecule has 2 aliphatic rings. The molecular weight excluding hydrogens is 438 g/mol. The van der Waals surface area contributed by atoms with Gasteiger partial charge in [-0.05, 0) is 72.8 Å². The van der Waals surface area contributed by atoms with Gasteiger partial charge >= 0.3 is 5.97 Å². The van der Waals surface area contributed by atoms with Crippen molar-refractivity contribution in [1.82, 2.24) is 0 Å². The molecule has 2 aliphatic carbocycles. The van der Waals surface area contributed by atoms with Crippen molar-refractivity contribution in [2.75, 3.05) is 10.5 Å². The van der Waals surface area contributed by atoms with E-state index in [1.807, 2.05) is 32.0 Å². The minimum absolute atomic E-state index is 0.0889. The third-order valence-corrected chi connectivity index (χ3v) is 9.35. The predicted octanol–water partition coefficient (Wildman–Crippen LogP) is 4.70. The standard InChI is InChI=1S/C26H31NO5S/c1-25(2)21-13-14-26(25,23(28)16-21)17-33(31,32)27-22-12-4-3-9-19(22)10-5-7-18-8-6-11-20(15-18)24(29)30/h3-4,6,8-9,11-12,15,21,27H,5,7,10,13-14,16-17H2,1-2H3,(H,29,30). The average molecular weight is 470 g/mol. The Kier molecular flexibility index (Phi) is 6.12. The largest absolute Gasteiger partial charge is 0.478 e. The van der Waals surface area contributed by atoms with Gasteiger partial charge in [0.15, 0.2) is 0 Å². The number of hydrogen-bond acceptors (Lipinski definition) is 4. The molecule has 2 bridgehead atoms. The van der Waals surface area contributed by atoms with Gasteiger partial charge in [0.05, 0.1) is 22.4 Å². The zero-order chi connectivity index (χ0) is 23.9. The summed E-state index contributed by atoms with van der Waals surface area (Å²) in [5, 5.41) is 9.16. The van der Waals surface area contributed by atoms with Crippen LogP contribution in [0.2, 0.25) is 0 Å². The van der Waals surface area contributed by atoms with Crippen LogP contribution in [-0.4, -0.2) is 31.0 Å². The first-order valence-electron chi connectivity index (χ1n) is 11.5. The first-order chi connectivity index (χ1) is 15.5. The molecule has 0 saturated heterocycles. The van der Waals surface area contributed by atoms with E-state index in [0.717, 1.165) is 24.0 Å². The Bertz CT molecular complexity index is 1190. The van der Waals surface area contributed by atoms with Gasteiger partial charge in [-0.15, -0.1) is 0 Å². The highest BCUT2D eigenvalue weighted by Gasteiger charge is 2.65. The second-order valence-corrected chi connectivity index (χ2v) is 11.8. The van der Waals surface area contributed by atoms with Crippen LogP contribution >= 0.6 is 0 Å². The lowest BCUT2D eigenvalue weighted by atomic mass is 9.70. The fourth-order valence-electron chi connectivity index (χ4n) is 5.82. The maximum Gasteiger partial charge on any atom is 0.335 e. The quantitative estimate of drug-likeness (QED) is 0.555. The first kappa shape index (κ1) is 23.5. The van der Waals surface area contributed by atoms with Gasteiger partial charge in [-0.25, -0.2) is 13.2 Å². The highest BCUT2D eigenvalue weighted by molar-refractivity contribution is 7.92. The smallest absolute Gasteiger partial charge is 0.335 e. The number of aryl methyl sites for hydroxylation is 2. The summed E-state index contributed by atoms with van der Waals surface area (Å²) >= 11 is 0. The van der Waals surface area contributed by atoms with E-state index in [-0.39, 0.29) is 28.4 Å². The van der Waals surface area contributed by atoms with Crippen LogP contribution in [0.5, 0.6) is 0 Å². The lowest BCUT2D eigenvalue weighted by Crippen LogP contribution is -2.43. The van der Waals surface area contributed by atoms with Gasteiger partial charge in [0, 0.05) is 6.42 Å². The summed E-state index contributed by atoms with van der Waals surface area (Å²) in [6, 6.07) is 14.2. The second kappa shape index (κ2) is 8.60. The summed E-state index contributed by atoms with van der Waals surface area (Å²) < 4.78 is 29.2. The van der Waals surface area contributed by atoms with Crippen molar-refractivity contribution in [1.29, 1.82) is 0 Å². The number of carboxylic acid groups (broad SMARTS) is 1. The average Bonchev–Trinajstić information content (AvgIpc) is 3.09. The number of nitrogens with one attached hydrogen (secondary N) is 1. The van der Waals surface area contributed by atoms with Crippen molar-refractivity contribution < 1.29 is 23.1 Å². The third kappa shape index (κ3) is 4.43. The van der Waals surface area contributed by atoms with Crippen LogP contribution < -0.4 is 4.72 Å². The summed E-state index contributed by atoms with van der Waals surface area (Å²) in [5.74, 6) is -0.759. The Morgan fingerprint density at radius 2 is 1.88 bits per heavy atom. The molecule has 7 heteroatoms. The van der Waals surface area contributed by atoms with E-state index in [2.05, 4.69) is 4.72 Å². The van der Waals surface area contributed by atoms with Crippen molar-refractivity contribution in [3.8, 4) is 0 Å². The number of anilines is 1. The van der Waals surface area contributed by atoms with Gasteiger partial charge < -0.3 is 5.11 Å². The third-order valence-electron chi connectivity index (χ3n) is 7.94. The molecular formula is C26H31NO5S. The monoisotopic (exact) mass is 469 g/mol. The number of carboxylic acids is 1. The Morgan fingerprint density at radius 1 is 1.12 bits per heavy atom. The molecule has 2 unspecified atom stereocenters. The molecule has 2 atom stereocenters. The number of ketones is 1. The minimum Gasteiger partial charge on any atom is -0.478 e. The number of fused-ring (bicyclic) bond motifs is 2. The Balaban J connectivity index is 1.45. The number of rotatable bonds is 9. The van der Waals surface area contributed by atoms with Crippen molar-refractivity contribution in [3.05, 3.63) is 65.2 Å². The van der Waals surface area contributed by atoms with Crippen LogP contribution in [0.3, 0.4) is 0 Å². The molecule has 0 radical (unpaired) electrons. The molecule has 0 aromatic heterocycles. The van der Waals surface area contributed by atoms with Crippen LogP contribution in [0.4, 0.5) is 5.69 Å².